The maximum atomic E-state index is 3.75. The van der Waals surface area contributed by atoms with E-state index >= 15 is 0 Å². The summed E-state index contributed by atoms with van der Waals surface area (Å²) in [5.74, 6) is 1.82. The van der Waals surface area contributed by atoms with Crippen LogP contribution in [-0.4, -0.2) is 6.67 Å². The highest BCUT2D eigenvalue weighted by Crippen LogP contribution is 2.43. The van der Waals surface area contributed by atoms with Crippen LogP contribution in [0.25, 0.3) is 0 Å². The minimum absolute atomic E-state index is 0.456. The van der Waals surface area contributed by atoms with Crippen LogP contribution in [0.4, 0.5) is 11.4 Å². The lowest BCUT2D eigenvalue weighted by Crippen LogP contribution is -2.28. The fraction of sp³-hybridized carbons (Fsp3) is 0.481. The predicted octanol–water partition coefficient (Wildman–Crippen LogP) is 9.46. The van der Waals surface area contributed by atoms with E-state index in [0.29, 0.717) is 23.7 Å². The van der Waals surface area contributed by atoms with Gasteiger partial charge in [-0.15, -0.1) is 0 Å². The third kappa shape index (κ3) is 5.06. The molecule has 2 aromatic carbocycles. The summed E-state index contributed by atoms with van der Waals surface area (Å²) in [5.41, 5.74) is 8.31. The van der Waals surface area contributed by atoms with E-state index in [-0.39, 0.29) is 0 Å². The SMILES string of the molecule is CC(C)c1cc(Br)cc(C(C)C)c1N1C=CN(c2c(C(C)C)cc(Br)cc2C(C)C)C1. The van der Waals surface area contributed by atoms with E-state index in [1.165, 1.54) is 42.6 Å². The number of rotatable bonds is 6. The van der Waals surface area contributed by atoms with E-state index < -0.39 is 0 Å². The minimum atomic E-state index is 0.456. The van der Waals surface area contributed by atoms with Gasteiger partial charge < -0.3 is 9.80 Å². The van der Waals surface area contributed by atoms with Crippen molar-refractivity contribution in [3.8, 4) is 0 Å². The summed E-state index contributed by atoms with van der Waals surface area (Å²) < 4.78 is 2.33. The smallest absolute Gasteiger partial charge is 0.0989 e. The summed E-state index contributed by atoms with van der Waals surface area (Å²) in [6, 6.07) is 9.17. The lowest BCUT2D eigenvalue weighted by Gasteiger charge is -2.31. The summed E-state index contributed by atoms with van der Waals surface area (Å²) in [7, 11) is 0. The van der Waals surface area contributed by atoms with Crippen molar-refractivity contribution in [1.82, 2.24) is 0 Å². The summed E-state index contributed by atoms with van der Waals surface area (Å²) in [4.78, 5) is 4.88. The van der Waals surface area contributed by atoms with Crippen molar-refractivity contribution in [2.45, 2.75) is 79.1 Å². The molecule has 1 aliphatic heterocycles. The summed E-state index contributed by atoms with van der Waals surface area (Å²) >= 11 is 7.49. The monoisotopic (exact) mass is 546 g/mol. The third-order valence-electron chi connectivity index (χ3n) is 6.06. The number of halogens is 2. The van der Waals surface area contributed by atoms with E-state index in [9.17, 15) is 0 Å². The first-order valence-corrected chi connectivity index (χ1v) is 13.0. The van der Waals surface area contributed by atoms with Gasteiger partial charge in [0.25, 0.3) is 0 Å². The van der Waals surface area contributed by atoms with Gasteiger partial charge in [0.1, 0.15) is 0 Å². The van der Waals surface area contributed by atoms with Crippen LogP contribution in [0.15, 0.2) is 45.6 Å². The zero-order valence-corrected chi connectivity index (χ0v) is 23.3. The van der Waals surface area contributed by atoms with Gasteiger partial charge in [-0.2, -0.15) is 0 Å². The molecular formula is C27H36Br2N2. The molecule has 0 spiro atoms. The molecule has 4 heteroatoms. The highest BCUT2D eigenvalue weighted by molar-refractivity contribution is 9.10. The van der Waals surface area contributed by atoms with Gasteiger partial charge in [0.2, 0.25) is 0 Å². The second kappa shape index (κ2) is 9.70. The molecule has 2 aromatic rings. The van der Waals surface area contributed by atoms with Crippen molar-refractivity contribution < 1.29 is 0 Å². The first kappa shape index (κ1) is 24.4. The van der Waals surface area contributed by atoms with Gasteiger partial charge in [0.05, 0.1) is 6.67 Å². The molecule has 3 rings (SSSR count). The van der Waals surface area contributed by atoms with Gasteiger partial charge in [-0.25, -0.2) is 0 Å². The highest BCUT2D eigenvalue weighted by Gasteiger charge is 2.27. The molecule has 0 saturated carbocycles. The van der Waals surface area contributed by atoms with Gasteiger partial charge in [-0.1, -0.05) is 87.2 Å². The molecule has 0 atom stereocenters. The van der Waals surface area contributed by atoms with E-state index in [4.69, 9.17) is 0 Å². The predicted molar refractivity (Wildman–Crippen MR) is 144 cm³/mol. The Kier molecular flexibility index (Phi) is 7.63. The normalized spacial score (nSPS) is 14.3. The Balaban J connectivity index is 2.10. The molecule has 0 bridgehead atoms. The Morgan fingerprint density at radius 2 is 0.806 bits per heavy atom. The van der Waals surface area contributed by atoms with Crippen molar-refractivity contribution >= 4 is 43.2 Å². The summed E-state index contributed by atoms with van der Waals surface area (Å²) in [6.45, 7) is 19.1. The molecule has 2 nitrogen and oxygen atoms in total. The minimum Gasteiger partial charge on any atom is -0.327 e. The van der Waals surface area contributed by atoms with Crippen LogP contribution in [0.3, 0.4) is 0 Å². The van der Waals surface area contributed by atoms with Gasteiger partial charge >= 0.3 is 0 Å². The van der Waals surface area contributed by atoms with Gasteiger partial charge in [-0.05, 0) is 70.2 Å². The second-order valence-electron chi connectivity index (χ2n) is 9.86. The van der Waals surface area contributed by atoms with E-state index in [2.05, 4.69) is 134 Å². The fourth-order valence-electron chi connectivity index (χ4n) is 4.42. The molecule has 168 valence electrons. The lowest BCUT2D eigenvalue weighted by molar-refractivity contribution is 0.801. The molecule has 0 saturated heterocycles. The van der Waals surface area contributed by atoms with E-state index in [1.54, 1.807) is 0 Å². The van der Waals surface area contributed by atoms with Crippen LogP contribution in [0, 0.1) is 0 Å². The molecule has 0 aromatic heterocycles. The lowest BCUT2D eigenvalue weighted by atomic mass is 9.91. The Morgan fingerprint density at radius 1 is 0.548 bits per heavy atom. The van der Waals surface area contributed by atoms with E-state index in [1.807, 2.05) is 0 Å². The Morgan fingerprint density at radius 3 is 1.03 bits per heavy atom. The first-order chi connectivity index (χ1) is 14.5. The molecule has 31 heavy (non-hydrogen) atoms. The molecule has 0 aliphatic carbocycles. The Bertz CT molecular complexity index is 838. The van der Waals surface area contributed by atoms with Crippen LogP contribution >= 0.6 is 31.9 Å². The molecule has 0 amide bonds. The standard InChI is InChI=1S/C27H36Br2N2/c1-16(2)22-11-20(28)12-23(17(3)4)26(22)30-9-10-31(15-30)27-24(18(5)6)13-21(29)14-25(27)19(7)8/h9-14,16-19H,15H2,1-8H3. The molecule has 0 radical (unpaired) electrons. The number of nitrogens with zero attached hydrogens (tertiary/aromatic N) is 2. The van der Waals surface area contributed by atoms with Gasteiger partial charge in [0.15, 0.2) is 0 Å². The molecular weight excluding hydrogens is 512 g/mol. The van der Waals surface area contributed by atoms with Crippen molar-refractivity contribution in [2.24, 2.45) is 0 Å². The summed E-state index contributed by atoms with van der Waals surface area (Å²) in [6.07, 6.45) is 4.52. The Labute approximate surface area is 206 Å². The molecule has 1 heterocycles. The molecule has 1 aliphatic rings. The van der Waals surface area contributed by atoms with Crippen molar-refractivity contribution in [1.29, 1.82) is 0 Å². The fourth-order valence-corrected chi connectivity index (χ4v) is 5.40. The first-order valence-electron chi connectivity index (χ1n) is 11.4. The van der Waals surface area contributed by atoms with Crippen molar-refractivity contribution in [2.75, 3.05) is 16.5 Å². The maximum absolute atomic E-state index is 3.75. The largest absolute Gasteiger partial charge is 0.327 e. The third-order valence-corrected chi connectivity index (χ3v) is 6.98. The number of hydrogen-bond acceptors (Lipinski definition) is 2. The zero-order valence-electron chi connectivity index (χ0n) is 20.1. The summed E-state index contributed by atoms with van der Waals surface area (Å²) in [5, 5.41) is 0. The van der Waals surface area contributed by atoms with Crippen LogP contribution in [0.5, 0.6) is 0 Å². The van der Waals surface area contributed by atoms with Crippen molar-refractivity contribution in [3.63, 3.8) is 0 Å². The molecule has 0 fully saturated rings. The number of anilines is 2. The topological polar surface area (TPSA) is 6.48 Å². The molecule has 0 unspecified atom stereocenters. The van der Waals surface area contributed by atoms with Crippen LogP contribution in [0.1, 0.15) is 101 Å². The van der Waals surface area contributed by atoms with Crippen LogP contribution in [-0.2, 0) is 0 Å². The van der Waals surface area contributed by atoms with Crippen LogP contribution in [0.2, 0.25) is 0 Å². The average Bonchev–Trinajstić information content (AvgIpc) is 3.15. The Hall–Kier alpha value is -1.26. The molecule has 0 N–H and O–H groups in total. The van der Waals surface area contributed by atoms with Gasteiger partial charge in [-0.3, -0.25) is 0 Å². The number of hydrogen-bond donors (Lipinski definition) is 0. The maximum Gasteiger partial charge on any atom is 0.0989 e. The average molecular weight is 548 g/mol. The van der Waals surface area contributed by atoms with Crippen LogP contribution < -0.4 is 9.80 Å². The van der Waals surface area contributed by atoms with E-state index in [0.717, 1.165) is 6.67 Å². The highest BCUT2D eigenvalue weighted by atomic mass is 79.9. The number of benzene rings is 2. The second-order valence-corrected chi connectivity index (χ2v) is 11.7. The van der Waals surface area contributed by atoms with Crippen molar-refractivity contribution in [3.05, 3.63) is 67.9 Å². The van der Waals surface area contributed by atoms with Gasteiger partial charge in [0, 0.05) is 32.7 Å². The zero-order chi connectivity index (χ0) is 23.0. The quantitative estimate of drug-likeness (QED) is 0.355.